The molecule has 0 aliphatic rings. The number of aromatic carboxylic acids is 1. The van der Waals surface area contributed by atoms with Gasteiger partial charge in [0, 0.05) is 23.3 Å². The fourth-order valence-corrected chi connectivity index (χ4v) is 3.32. The van der Waals surface area contributed by atoms with Gasteiger partial charge in [0.25, 0.3) is 0 Å². The van der Waals surface area contributed by atoms with Crippen LogP contribution in [-0.2, 0) is 13.2 Å². The normalized spacial score (nSPS) is 10.5. The summed E-state index contributed by atoms with van der Waals surface area (Å²) >= 11 is 6.49. The number of carbonyl (C=O) groups is 1. The number of rotatable bonds is 8. The highest BCUT2D eigenvalue weighted by molar-refractivity contribution is 6.31. The molecule has 156 valence electrons. The Morgan fingerprint density at radius 2 is 1.77 bits per heavy atom. The third kappa shape index (κ3) is 5.05. The van der Waals surface area contributed by atoms with E-state index in [2.05, 4.69) is 5.32 Å². The third-order valence-electron chi connectivity index (χ3n) is 4.92. The number of anilines is 1. The minimum atomic E-state index is -0.946. The maximum Gasteiger partial charge on any atom is 0.335 e. The smallest absolute Gasteiger partial charge is 0.335 e. The Hall–Kier alpha value is -3.18. The predicted molar refractivity (Wildman–Crippen MR) is 119 cm³/mol. The van der Waals surface area contributed by atoms with E-state index in [0.717, 1.165) is 27.9 Å². The van der Waals surface area contributed by atoms with Crippen LogP contribution in [0.1, 0.15) is 32.6 Å². The van der Waals surface area contributed by atoms with Crippen LogP contribution in [-0.4, -0.2) is 18.2 Å². The fraction of sp³-hybridized carbons (Fsp3) is 0.208. The van der Waals surface area contributed by atoms with Crippen molar-refractivity contribution in [2.45, 2.75) is 27.0 Å². The average Bonchev–Trinajstić information content (AvgIpc) is 2.73. The lowest BCUT2D eigenvalue weighted by Gasteiger charge is -2.16. The zero-order valence-corrected chi connectivity index (χ0v) is 17.9. The second kappa shape index (κ2) is 9.55. The van der Waals surface area contributed by atoms with Crippen molar-refractivity contribution in [3.8, 4) is 11.5 Å². The number of ether oxygens (including phenoxy) is 2. The highest BCUT2D eigenvalue weighted by Gasteiger charge is 2.12. The first-order valence-electron chi connectivity index (χ1n) is 9.50. The van der Waals surface area contributed by atoms with Gasteiger partial charge in [-0.3, -0.25) is 0 Å². The molecule has 6 heteroatoms. The monoisotopic (exact) mass is 425 g/mol. The van der Waals surface area contributed by atoms with Gasteiger partial charge in [0.05, 0.1) is 12.7 Å². The molecule has 30 heavy (non-hydrogen) atoms. The Bertz CT molecular complexity index is 1070. The summed E-state index contributed by atoms with van der Waals surface area (Å²) in [6.45, 7) is 4.79. The third-order valence-corrected chi connectivity index (χ3v) is 5.27. The van der Waals surface area contributed by atoms with Gasteiger partial charge < -0.3 is 19.9 Å². The molecule has 0 unspecified atom stereocenters. The number of hydrogen-bond donors (Lipinski definition) is 2. The van der Waals surface area contributed by atoms with E-state index < -0.39 is 5.97 Å². The largest absolute Gasteiger partial charge is 0.493 e. The summed E-state index contributed by atoms with van der Waals surface area (Å²) in [5.41, 5.74) is 5.05. The van der Waals surface area contributed by atoms with Crippen molar-refractivity contribution in [2.75, 3.05) is 12.4 Å². The van der Waals surface area contributed by atoms with Crippen LogP contribution in [0.2, 0.25) is 5.02 Å². The first-order valence-corrected chi connectivity index (χ1v) is 9.88. The Morgan fingerprint density at radius 3 is 2.43 bits per heavy atom. The maximum atomic E-state index is 11.1. The van der Waals surface area contributed by atoms with Crippen LogP contribution in [0, 0.1) is 13.8 Å². The molecule has 0 radical (unpaired) electrons. The Balaban J connectivity index is 1.74. The molecule has 5 nitrogen and oxygen atoms in total. The van der Waals surface area contributed by atoms with Gasteiger partial charge in [0.1, 0.15) is 6.61 Å². The van der Waals surface area contributed by atoms with Crippen LogP contribution in [0.25, 0.3) is 0 Å². The van der Waals surface area contributed by atoms with E-state index in [9.17, 15) is 4.79 Å². The molecular weight excluding hydrogens is 402 g/mol. The molecule has 0 saturated carbocycles. The van der Waals surface area contributed by atoms with Crippen molar-refractivity contribution in [3.63, 3.8) is 0 Å². The van der Waals surface area contributed by atoms with Gasteiger partial charge in [-0.15, -0.1) is 0 Å². The number of halogens is 1. The van der Waals surface area contributed by atoms with Gasteiger partial charge in [-0.05, 0) is 60.4 Å². The molecule has 3 aromatic carbocycles. The van der Waals surface area contributed by atoms with E-state index in [1.165, 1.54) is 0 Å². The molecule has 0 aromatic heterocycles. The average molecular weight is 426 g/mol. The molecule has 2 N–H and O–H groups in total. The van der Waals surface area contributed by atoms with E-state index in [4.69, 9.17) is 26.2 Å². The lowest BCUT2D eigenvalue weighted by Crippen LogP contribution is -2.05. The number of methoxy groups -OCH3 is 1. The van der Waals surface area contributed by atoms with Crippen LogP contribution in [0.3, 0.4) is 0 Å². The van der Waals surface area contributed by atoms with Crippen LogP contribution in [0.4, 0.5) is 5.69 Å². The molecule has 0 atom stereocenters. The van der Waals surface area contributed by atoms with E-state index in [0.29, 0.717) is 29.7 Å². The molecule has 0 bridgehead atoms. The van der Waals surface area contributed by atoms with E-state index in [1.54, 1.807) is 31.4 Å². The van der Waals surface area contributed by atoms with Crippen LogP contribution >= 0.6 is 11.6 Å². The van der Waals surface area contributed by atoms with Crippen LogP contribution < -0.4 is 14.8 Å². The highest BCUT2D eigenvalue weighted by Crippen LogP contribution is 2.34. The molecule has 0 saturated heterocycles. The molecular formula is C24H24ClNO4. The quantitative estimate of drug-likeness (QED) is 0.473. The van der Waals surface area contributed by atoms with Crippen LogP contribution in [0.5, 0.6) is 11.5 Å². The maximum absolute atomic E-state index is 11.1. The summed E-state index contributed by atoms with van der Waals surface area (Å²) in [6.07, 6.45) is 0. The summed E-state index contributed by atoms with van der Waals surface area (Å²) in [4.78, 5) is 11.1. The van der Waals surface area contributed by atoms with E-state index >= 15 is 0 Å². The standard InChI is InChI=1S/C24H24ClNO4/c1-15-6-4-5-7-18(15)14-30-23-12-20(25)19(11-22(23)29-3)13-26-21-9-8-17(24(27)28)10-16(21)2/h4-12,26H,13-14H2,1-3H3,(H,27,28). The second-order valence-electron chi connectivity index (χ2n) is 7.00. The first-order chi connectivity index (χ1) is 14.4. The van der Waals surface area contributed by atoms with E-state index in [1.807, 2.05) is 44.2 Å². The predicted octanol–water partition coefficient (Wildman–Crippen LogP) is 5.85. The van der Waals surface area contributed by atoms with Gasteiger partial charge in [0.15, 0.2) is 11.5 Å². The van der Waals surface area contributed by atoms with Gasteiger partial charge >= 0.3 is 5.97 Å². The zero-order valence-electron chi connectivity index (χ0n) is 17.2. The first kappa shape index (κ1) is 21.5. The summed E-state index contributed by atoms with van der Waals surface area (Å²) in [5, 5.41) is 13.0. The number of benzene rings is 3. The van der Waals surface area contributed by atoms with Crippen LogP contribution in [0.15, 0.2) is 54.6 Å². The Morgan fingerprint density at radius 1 is 1.00 bits per heavy atom. The van der Waals surface area contributed by atoms with Gasteiger partial charge in [-0.2, -0.15) is 0 Å². The molecule has 0 aliphatic heterocycles. The van der Waals surface area contributed by atoms with Crippen molar-refractivity contribution >= 4 is 23.3 Å². The number of carboxylic acid groups (broad SMARTS) is 1. The Labute approximate surface area is 181 Å². The Kier molecular flexibility index (Phi) is 6.85. The number of aryl methyl sites for hydroxylation is 2. The lowest BCUT2D eigenvalue weighted by molar-refractivity contribution is 0.0697. The molecule has 0 aliphatic carbocycles. The van der Waals surface area contributed by atoms with Crippen molar-refractivity contribution in [1.82, 2.24) is 0 Å². The molecule has 3 rings (SSSR count). The molecule has 0 fully saturated rings. The van der Waals surface area contributed by atoms with Crippen molar-refractivity contribution in [2.24, 2.45) is 0 Å². The van der Waals surface area contributed by atoms with Gasteiger partial charge in [-0.1, -0.05) is 35.9 Å². The van der Waals surface area contributed by atoms with Gasteiger partial charge in [-0.25, -0.2) is 4.79 Å². The summed E-state index contributed by atoms with van der Waals surface area (Å²) in [6, 6.07) is 16.6. The molecule has 0 heterocycles. The molecule has 0 amide bonds. The lowest BCUT2D eigenvalue weighted by atomic mass is 10.1. The minimum absolute atomic E-state index is 0.257. The number of hydrogen-bond acceptors (Lipinski definition) is 4. The van der Waals surface area contributed by atoms with Crippen molar-refractivity contribution < 1.29 is 19.4 Å². The fourth-order valence-electron chi connectivity index (χ4n) is 3.10. The SMILES string of the molecule is COc1cc(CNc2ccc(C(=O)O)cc2C)c(Cl)cc1OCc1ccccc1C. The van der Waals surface area contributed by atoms with E-state index in [-0.39, 0.29) is 5.56 Å². The second-order valence-corrected chi connectivity index (χ2v) is 7.41. The number of carboxylic acids is 1. The highest BCUT2D eigenvalue weighted by atomic mass is 35.5. The molecule has 0 spiro atoms. The zero-order chi connectivity index (χ0) is 21.7. The van der Waals surface area contributed by atoms with Crippen molar-refractivity contribution in [1.29, 1.82) is 0 Å². The number of nitrogens with one attached hydrogen (secondary N) is 1. The van der Waals surface area contributed by atoms with Crippen molar-refractivity contribution in [3.05, 3.63) is 87.4 Å². The molecule has 3 aromatic rings. The summed E-state index contributed by atoms with van der Waals surface area (Å²) in [7, 11) is 1.59. The topological polar surface area (TPSA) is 67.8 Å². The minimum Gasteiger partial charge on any atom is -0.493 e. The summed E-state index contributed by atoms with van der Waals surface area (Å²) in [5.74, 6) is 0.234. The van der Waals surface area contributed by atoms with Gasteiger partial charge in [0.2, 0.25) is 0 Å². The summed E-state index contributed by atoms with van der Waals surface area (Å²) < 4.78 is 11.5.